The highest BCUT2D eigenvalue weighted by molar-refractivity contribution is 6.31. The number of carbonyl (C=O) groups is 2. The fourth-order valence-electron chi connectivity index (χ4n) is 2.20. The van der Waals surface area contributed by atoms with Crippen LogP contribution in [0.25, 0.3) is 0 Å². The minimum atomic E-state index is -1.38. The topological polar surface area (TPSA) is 112 Å². The van der Waals surface area contributed by atoms with Gasteiger partial charge in [-0.05, 0) is 29.8 Å². The Kier molecular flexibility index (Phi) is 5.95. The van der Waals surface area contributed by atoms with Crippen LogP contribution >= 0.6 is 23.2 Å². The van der Waals surface area contributed by atoms with Gasteiger partial charge in [0.1, 0.15) is 5.56 Å². The first-order valence-electron chi connectivity index (χ1n) is 6.98. The summed E-state index contributed by atoms with van der Waals surface area (Å²) in [6, 6.07) is 8.82. The molecule has 0 aliphatic rings. The summed E-state index contributed by atoms with van der Waals surface area (Å²) >= 11 is 11.5. The number of rotatable bonds is 6. The van der Waals surface area contributed by atoms with E-state index in [9.17, 15) is 24.8 Å². The number of benzene rings is 2. The maximum Gasteiger partial charge on any atom is 0.283 e. The molecule has 2 aromatic rings. The lowest BCUT2D eigenvalue weighted by Crippen LogP contribution is -2.34. The minimum absolute atomic E-state index is 0.104. The van der Waals surface area contributed by atoms with E-state index >= 15 is 0 Å². The Hall–Kier alpha value is -2.64. The molecule has 2 aromatic carbocycles. The van der Waals surface area contributed by atoms with Crippen LogP contribution in [0.3, 0.4) is 0 Å². The van der Waals surface area contributed by atoms with E-state index in [0.29, 0.717) is 10.6 Å². The van der Waals surface area contributed by atoms with Gasteiger partial charge in [-0.25, -0.2) is 0 Å². The average Bonchev–Trinajstić information content (AvgIpc) is 2.54. The van der Waals surface area contributed by atoms with E-state index in [1.807, 2.05) is 0 Å². The van der Waals surface area contributed by atoms with Crippen molar-refractivity contribution in [2.24, 2.45) is 0 Å². The smallest absolute Gasteiger partial charge is 0.283 e. The lowest BCUT2D eigenvalue weighted by Gasteiger charge is -2.20. The van der Waals surface area contributed by atoms with Gasteiger partial charge in [0, 0.05) is 28.5 Å². The van der Waals surface area contributed by atoms with Gasteiger partial charge < -0.3 is 15.2 Å². The second-order valence-electron chi connectivity index (χ2n) is 5.07. The van der Waals surface area contributed by atoms with Gasteiger partial charge in [0.25, 0.3) is 11.6 Å². The average molecular weight is 382 g/mol. The fourth-order valence-corrected chi connectivity index (χ4v) is 2.49. The molecule has 2 rings (SSSR count). The third-order valence-electron chi connectivity index (χ3n) is 3.35. The first-order valence-corrected chi connectivity index (χ1v) is 7.73. The number of carbonyl (C=O) groups excluding carboxylic acids is 2. The number of hydrogen-bond acceptors (Lipinski definition) is 5. The molecule has 0 spiro atoms. The Morgan fingerprint density at radius 1 is 1.08 bits per heavy atom. The van der Waals surface area contributed by atoms with Crippen molar-refractivity contribution in [3.05, 3.63) is 73.8 Å². The molecule has 0 aliphatic carbocycles. The largest absolute Gasteiger partial charge is 0.550 e. The molecule has 0 aromatic heterocycles. The summed E-state index contributed by atoms with van der Waals surface area (Å²) in [6.07, 6.45) is -0.505. The number of nitrogens with one attached hydrogen (secondary N) is 1. The highest BCUT2D eigenvalue weighted by Crippen LogP contribution is 2.25. The molecule has 9 heteroatoms. The van der Waals surface area contributed by atoms with Gasteiger partial charge in [0.2, 0.25) is 0 Å². The van der Waals surface area contributed by atoms with Gasteiger partial charge in [-0.1, -0.05) is 35.3 Å². The normalized spacial score (nSPS) is 11.6. The number of carboxylic acid groups (broad SMARTS) is 1. The van der Waals surface area contributed by atoms with E-state index in [1.54, 1.807) is 12.1 Å². The van der Waals surface area contributed by atoms with Crippen LogP contribution in [0.4, 0.5) is 5.69 Å². The molecule has 1 N–H and O–H groups in total. The maximum absolute atomic E-state index is 12.4. The quantitative estimate of drug-likeness (QED) is 0.609. The summed E-state index contributed by atoms with van der Waals surface area (Å²) in [5, 5.41) is 25.1. The number of nitro groups is 1. The van der Waals surface area contributed by atoms with Crippen molar-refractivity contribution in [3.63, 3.8) is 0 Å². The molecule has 0 heterocycles. The zero-order valence-corrected chi connectivity index (χ0v) is 14.1. The third-order valence-corrected chi connectivity index (χ3v) is 3.84. The first kappa shape index (κ1) is 18.7. The van der Waals surface area contributed by atoms with Crippen molar-refractivity contribution in [1.29, 1.82) is 0 Å². The Bertz CT molecular complexity index is 824. The number of nitrogens with zero attached hydrogens (tertiary/aromatic N) is 1. The van der Waals surface area contributed by atoms with Crippen molar-refractivity contribution in [2.45, 2.75) is 12.5 Å². The predicted molar refractivity (Wildman–Crippen MR) is 89.4 cm³/mol. The molecule has 0 saturated heterocycles. The molecule has 7 nitrogen and oxygen atoms in total. The second kappa shape index (κ2) is 7.96. The van der Waals surface area contributed by atoms with Crippen LogP contribution < -0.4 is 10.4 Å². The monoisotopic (exact) mass is 381 g/mol. The number of nitro benzene ring substituents is 1. The van der Waals surface area contributed by atoms with Crippen LogP contribution in [-0.2, 0) is 4.79 Å². The van der Waals surface area contributed by atoms with E-state index < -0.39 is 34.9 Å². The first-order chi connectivity index (χ1) is 11.8. The molecule has 0 unspecified atom stereocenters. The van der Waals surface area contributed by atoms with Gasteiger partial charge in [-0.15, -0.1) is 0 Å². The molecule has 0 radical (unpaired) electrons. The minimum Gasteiger partial charge on any atom is -0.550 e. The van der Waals surface area contributed by atoms with Crippen LogP contribution in [-0.4, -0.2) is 16.8 Å². The third kappa shape index (κ3) is 4.91. The summed E-state index contributed by atoms with van der Waals surface area (Å²) in [4.78, 5) is 33.7. The molecule has 1 amide bonds. The van der Waals surface area contributed by atoms with Crippen molar-refractivity contribution in [1.82, 2.24) is 5.32 Å². The van der Waals surface area contributed by atoms with E-state index in [1.165, 1.54) is 24.3 Å². The van der Waals surface area contributed by atoms with Gasteiger partial charge in [0.05, 0.1) is 11.0 Å². The zero-order valence-electron chi connectivity index (χ0n) is 12.6. The lowest BCUT2D eigenvalue weighted by atomic mass is 10.0. The number of halogens is 2. The van der Waals surface area contributed by atoms with Gasteiger partial charge >= 0.3 is 0 Å². The highest BCUT2D eigenvalue weighted by atomic mass is 35.5. The Balaban J connectivity index is 2.32. The number of carboxylic acids is 1. The van der Waals surface area contributed by atoms with Crippen molar-refractivity contribution in [2.75, 3.05) is 0 Å². The number of aliphatic carboxylic acids is 1. The summed E-state index contributed by atoms with van der Waals surface area (Å²) < 4.78 is 0. The van der Waals surface area contributed by atoms with E-state index in [-0.39, 0.29) is 10.6 Å². The molecule has 0 saturated carbocycles. The molecule has 0 fully saturated rings. The van der Waals surface area contributed by atoms with Crippen molar-refractivity contribution >= 4 is 40.8 Å². The summed E-state index contributed by atoms with van der Waals surface area (Å²) in [5.74, 6) is -2.18. The van der Waals surface area contributed by atoms with Crippen LogP contribution in [0, 0.1) is 10.1 Å². The summed E-state index contributed by atoms with van der Waals surface area (Å²) in [6.45, 7) is 0. The maximum atomic E-state index is 12.4. The molecule has 0 bridgehead atoms. The van der Waals surface area contributed by atoms with Crippen LogP contribution in [0.5, 0.6) is 0 Å². The zero-order chi connectivity index (χ0) is 18.6. The van der Waals surface area contributed by atoms with Crippen molar-refractivity contribution < 1.29 is 19.6 Å². The summed E-state index contributed by atoms with van der Waals surface area (Å²) in [7, 11) is 0. The van der Waals surface area contributed by atoms with Crippen LogP contribution in [0.15, 0.2) is 42.5 Å². The second-order valence-corrected chi connectivity index (χ2v) is 5.95. The van der Waals surface area contributed by atoms with Crippen LogP contribution in [0.2, 0.25) is 10.0 Å². The molecule has 0 aliphatic heterocycles. The molecule has 1 atom stereocenters. The highest BCUT2D eigenvalue weighted by Gasteiger charge is 2.23. The Morgan fingerprint density at radius 3 is 2.24 bits per heavy atom. The molecular formula is C16H11Cl2N2O5-. The molecule has 130 valence electrons. The lowest BCUT2D eigenvalue weighted by molar-refractivity contribution is -0.385. The van der Waals surface area contributed by atoms with Gasteiger partial charge in [-0.3, -0.25) is 14.9 Å². The number of hydrogen-bond donors (Lipinski definition) is 1. The van der Waals surface area contributed by atoms with E-state index in [4.69, 9.17) is 23.2 Å². The van der Waals surface area contributed by atoms with Gasteiger partial charge in [0.15, 0.2) is 0 Å². The summed E-state index contributed by atoms with van der Waals surface area (Å²) in [5.41, 5.74) is -0.237. The van der Waals surface area contributed by atoms with Gasteiger partial charge in [-0.2, -0.15) is 0 Å². The van der Waals surface area contributed by atoms with E-state index in [0.717, 1.165) is 6.07 Å². The molecular weight excluding hydrogens is 371 g/mol. The fraction of sp³-hybridized carbons (Fsp3) is 0.125. The number of amides is 1. The standard InChI is InChI=1S/C16H12Cl2N2O5/c17-10-3-1-9(2-4-10)13(8-15(21)22)19-16(23)12-6-5-11(18)7-14(12)20(24)25/h1-7,13H,8H2,(H,19,23)(H,21,22)/p-1/t13-/m1/s1. The predicted octanol–water partition coefficient (Wildman–Crippen LogP) is 2.51. The SMILES string of the molecule is O=C([O-])C[C@@H](NC(=O)c1ccc(Cl)cc1[N+](=O)[O-])c1ccc(Cl)cc1. The van der Waals surface area contributed by atoms with Crippen molar-refractivity contribution in [3.8, 4) is 0 Å². The van der Waals surface area contributed by atoms with E-state index in [2.05, 4.69) is 5.32 Å². The van der Waals surface area contributed by atoms with Crippen LogP contribution in [0.1, 0.15) is 28.4 Å². The molecule has 25 heavy (non-hydrogen) atoms. The Labute approximate surface area is 152 Å². The Morgan fingerprint density at radius 2 is 1.68 bits per heavy atom.